The average molecular weight is 417 g/mol. The molecule has 4 atom stereocenters. The van der Waals surface area contributed by atoms with Crippen LogP contribution in [0.5, 0.6) is 0 Å². The van der Waals surface area contributed by atoms with Crippen LogP contribution in [0.1, 0.15) is 44.6 Å². The van der Waals surface area contributed by atoms with Crippen LogP contribution in [0, 0.1) is 11.8 Å². The van der Waals surface area contributed by atoms with Crippen LogP contribution >= 0.6 is 0 Å². The van der Waals surface area contributed by atoms with E-state index >= 15 is 0 Å². The fraction of sp³-hybridized carbons (Fsp3) is 0.700. The summed E-state index contributed by atoms with van der Waals surface area (Å²) in [5.41, 5.74) is -0.826. The molecular formula is C20H27F3N2O2S. The van der Waals surface area contributed by atoms with Crippen LogP contribution in [-0.2, 0) is 16.2 Å². The van der Waals surface area contributed by atoms with Gasteiger partial charge in [0.15, 0.2) is 0 Å². The van der Waals surface area contributed by atoms with Gasteiger partial charge in [0, 0.05) is 18.6 Å². The standard InChI is InChI=1S/C20H27F3N2O2S/c1-2-18-17-6-4-12-24-11-3-5-14(19(17)24)13-25(18)28(26,27)16-9-7-15(8-10-16)20(21,22)23/h7-10,14,17-19H,2-6,11-13H2,1H3/t14-,17+,18+,19-/m0/s1. The molecule has 0 aromatic heterocycles. The second-order valence-electron chi connectivity index (χ2n) is 8.31. The molecule has 0 bridgehead atoms. The lowest BCUT2D eigenvalue weighted by molar-refractivity contribution is -0.137. The van der Waals surface area contributed by atoms with Gasteiger partial charge in [-0.1, -0.05) is 6.92 Å². The van der Waals surface area contributed by atoms with Crippen molar-refractivity contribution >= 4 is 10.0 Å². The van der Waals surface area contributed by atoms with Gasteiger partial charge in [0.05, 0.1) is 10.5 Å². The molecule has 0 N–H and O–H groups in total. The Hall–Kier alpha value is -1.12. The Morgan fingerprint density at radius 1 is 1.07 bits per heavy atom. The van der Waals surface area contributed by atoms with Gasteiger partial charge < -0.3 is 0 Å². The SMILES string of the molecule is CC[C@@H]1[C@H]2CCCN3CCC[C@@H](CN1S(=O)(=O)c1ccc(C(F)(F)F)cc1)[C@@H]23. The Morgan fingerprint density at radius 3 is 2.32 bits per heavy atom. The van der Waals surface area contributed by atoms with Crippen LogP contribution in [0.25, 0.3) is 0 Å². The van der Waals surface area contributed by atoms with Gasteiger partial charge >= 0.3 is 6.18 Å². The molecule has 0 radical (unpaired) electrons. The maximum Gasteiger partial charge on any atom is 0.416 e. The summed E-state index contributed by atoms with van der Waals surface area (Å²) in [5, 5.41) is 0. The molecule has 0 spiro atoms. The van der Waals surface area contributed by atoms with Gasteiger partial charge in [0.2, 0.25) is 10.0 Å². The van der Waals surface area contributed by atoms with Crippen LogP contribution < -0.4 is 0 Å². The largest absolute Gasteiger partial charge is 0.416 e. The maximum atomic E-state index is 13.4. The van der Waals surface area contributed by atoms with E-state index < -0.39 is 21.8 Å². The second-order valence-corrected chi connectivity index (χ2v) is 10.2. The van der Waals surface area contributed by atoms with Crippen molar-refractivity contribution < 1.29 is 21.6 Å². The molecule has 3 aliphatic heterocycles. The predicted octanol–water partition coefficient (Wildman–Crippen LogP) is 3.98. The van der Waals surface area contributed by atoms with Gasteiger partial charge in [-0.05, 0) is 81.3 Å². The van der Waals surface area contributed by atoms with Crippen molar-refractivity contribution in [2.45, 2.75) is 62.2 Å². The number of alkyl halides is 3. The summed E-state index contributed by atoms with van der Waals surface area (Å²) < 4.78 is 66.9. The van der Waals surface area contributed by atoms with Crippen molar-refractivity contribution in [1.82, 2.24) is 9.21 Å². The van der Waals surface area contributed by atoms with Gasteiger partial charge in [-0.2, -0.15) is 17.5 Å². The van der Waals surface area contributed by atoms with E-state index in [1.165, 1.54) is 0 Å². The number of rotatable bonds is 3. The quantitative estimate of drug-likeness (QED) is 0.749. The van der Waals surface area contributed by atoms with E-state index in [9.17, 15) is 21.6 Å². The molecule has 4 nitrogen and oxygen atoms in total. The number of nitrogens with zero attached hydrogens (tertiary/aromatic N) is 2. The molecule has 1 aromatic rings. The zero-order chi connectivity index (χ0) is 20.1. The zero-order valence-electron chi connectivity index (χ0n) is 16.0. The van der Waals surface area contributed by atoms with Crippen LogP contribution in [0.4, 0.5) is 13.2 Å². The second kappa shape index (κ2) is 7.29. The molecule has 0 amide bonds. The summed E-state index contributed by atoms with van der Waals surface area (Å²) in [6.07, 6.45) is 0.460. The summed E-state index contributed by atoms with van der Waals surface area (Å²) in [5.74, 6) is 0.619. The fourth-order valence-corrected chi connectivity index (χ4v) is 7.49. The minimum Gasteiger partial charge on any atom is -0.300 e. The number of piperidine rings is 3. The van der Waals surface area contributed by atoms with Crippen molar-refractivity contribution in [3.63, 3.8) is 0 Å². The third-order valence-corrected chi connectivity index (χ3v) is 8.74. The maximum absolute atomic E-state index is 13.4. The number of benzene rings is 1. The van der Waals surface area contributed by atoms with E-state index in [0.29, 0.717) is 24.4 Å². The van der Waals surface area contributed by atoms with Crippen molar-refractivity contribution in [3.05, 3.63) is 29.8 Å². The van der Waals surface area contributed by atoms with Gasteiger partial charge in [-0.25, -0.2) is 8.42 Å². The van der Waals surface area contributed by atoms with Gasteiger partial charge in [0.1, 0.15) is 0 Å². The van der Waals surface area contributed by atoms with Crippen LogP contribution in [0.3, 0.4) is 0 Å². The molecule has 1 aromatic carbocycles. The Bertz CT molecular complexity index is 808. The molecule has 3 aliphatic rings. The number of hydrogen-bond acceptors (Lipinski definition) is 3. The summed E-state index contributed by atoms with van der Waals surface area (Å²) in [4.78, 5) is 2.51. The lowest BCUT2D eigenvalue weighted by Gasteiger charge is -2.56. The molecule has 3 saturated heterocycles. The first-order valence-corrected chi connectivity index (χ1v) is 11.6. The summed E-state index contributed by atoms with van der Waals surface area (Å²) in [6, 6.07) is 4.30. The normalized spacial score (nSPS) is 32.1. The Balaban J connectivity index is 1.66. The Kier molecular flexibility index (Phi) is 5.25. The third kappa shape index (κ3) is 3.37. The van der Waals surface area contributed by atoms with E-state index in [0.717, 1.165) is 69.5 Å². The van der Waals surface area contributed by atoms with E-state index in [1.54, 1.807) is 4.31 Å². The third-order valence-electron chi connectivity index (χ3n) is 6.83. The highest BCUT2D eigenvalue weighted by atomic mass is 32.2. The molecule has 156 valence electrons. The smallest absolute Gasteiger partial charge is 0.300 e. The fourth-order valence-electron chi connectivity index (χ4n) is 5.69. The van der Waals surface area contributed by atoms with Crippen molar-refractivity contribution in [1.29, 1.82) is 0 Å². The summed E-state index contributed by atoms with van der Waals surface area (Å²) >= 11 is 0. The topological polar surface area (TPSA) is 40.6 Å². The van der Waals surface area contributed by atoms with Crippen LogP contribution in [0.2, 0.25) is 0 Å². The molecule has 8 heteroatoms. The summed E-state index contributed by atoms with van der Waals surface area (Å²) in [6.45, 7) is 4.68. The van der Waals surface area contributed by atoms with Crippen LogP contribution in [-0.4, -0.2) is 49.3 Å². The van der Waals surface area contributed by atoms with Gasteiger partial charge in [0.25, 0.3) is 0 Å². The molecule has 28 heavy (non-hydrogen) atoms. The zero-order valence-corrected chi connectivity index (χ0v) is 16.8. The predicted molar refractivity (Wildman–Crippen MR) is 100 cm³/mol. The molecule has 3 fully saturated rings. The van der Waals surface area contributed by atoms with Crippen molar-refractivity contribution in [3.8, 4) is 0 Å². The first-order valence-electron chi connectivity index (χ1n) is 10.2. The average Bonchev–Trinajstić information content (AvgIpc) is 2.67. The minimum atomic E-state index is -4.47. The molecule has 0 saturated carbocycles. The molecule has 4 rings (SSSR count). The highest BCUT2D eigenvalue weighted by Gasteiger charge is 2.51. The lowest BCUT2D eigenvalue weighted by Crippen LogP contribution is -2.65. The highest BCUT2D eigenvalue weighted by molar-refractivity contribution is 7.89. The Morgan fingerprint density at radius 2 is 1.71 bits per heavy atom. The highest BCUT2D eigenvalue weighted by Crippen LogP contribution is 2.44. The summed E-state index contributed by atoms with van der Waals surface area (Å²) in [7, 11) is -3.83. The monoisotopic (exact) mass is 416 g/mol. The van der Waals surface area contributed by atoms with Crippen LogP contribution in [0.15, 0.2) is 29.2 Å². The van der Waals surface area contributed by atoms with Gasteiger partial charge in [-0.3, -0.25) is 4.90 Å². The van der Waals surface area contributed by atoms with Gasteiger partial charge in [-0.15, -0.1) is 0 Å². The van der Waals surface area contributed by atoms with Crippen molar-refractivity contribution in [2.75, 3.05) is 19.6 Å². The Labute approximate surface area is 164 Å². The molecule has 3 heterocycles. The number of halogens is 3. The minimum absolute atomic E-state index is 0.0409. The molecular weight excluding hydrogens is 389 g/mol. The molecule has 0 unspecified atom stereocenters. The van der Waals surface area contributed by atoms with E-state index in [-0.39, 0.29) is 10.9 Å². The van der Waals surface area contributed by atoms with Crippen molar-refractivity contribution in [2.24, 2.45) is 11.8 Å². The van der Waals surface area contributed by atoms with E-state index in [1.807, 2.05) is 6.92 Å². The molecule has 0 aliphatic carbocycles. The lowest BCUT2D eigenvalue weighted by atomic mass is 9.70. The number of hydrogen-bond donors (Lipinski definition) is 0. The first kappa shape index (κ1) is 20.2. The number of sulfonamides is 1. The van der Waals surface area contributed by atoms with E-state index in [4.69, 9.17) is 0 Å². The first-order chi connectivity index (χ1) is 13.2. The van der Waals surface area contributed by atoms with E-state index in [2.05, 4.69) is 4.90 Å².